The average Bonchev–Trinajstić information content (AvgIpc) is 2.39. The molecule has 1 aliphatic carbocycles. The predicted octanol–water partition coefficient (Wildman–Crippen LogP) is 1.89. The third kappa shape index (κ3) is 2.08. The van der Waals surface area contributed by atoms with Gasteiger partial charge in [0.1, 0.15) is 12.9 Å². The second-order valence-corrected chi connectivity index (χ2v) is 4.71. The lowest BCUT2D eigenvalue weighted by Crippen LogP contribution is -2.48. The van der Waals surface area contributed by atoms with E-state index in [-0.39, 0.29) is 11.3 Å². The molecule has 8 heteroatoms. The van der Waals surface area contributed by atoms with Crippen LogP contribution in [-0.2, 0) is 0 Å². The molecule has 2 unspecified atom stereocenters. The molecule has 0 fully saturated rings. The van der Waals surface area contributed by atoms with Crippen molar-refractivity contribution in [2.45, 2.75) is 10.7 Å². The summed E-state index contributed by atoms with van der Waals surface area (Å²) >= 11 is 6.19. The van der Waals surface area contributed by atoms with Crippen LogP contribution in [-0.4, -0.2) is 35.0 Å². The van der Waals surface area contributed by atoms with Crippen LogP contribution in [0.25, 0.3) is 0 Å². The van der Waals surface area contributed by atoms with Crippen molar-refractivity contribution in [3.8, 4) is 0 Å². The second kappa shape index (κ2) is 4.50. The van der Waals surface area contributed by atoms with Crippen LogP contribution >= 0.6 is 11.6 Å². The number of hydrogen-bond donors (Lipinski definition) is 1. The molecule has 2 aliphatic rings. The molecule has 1 heterocycles. The molecule has 0 amide bonds. The van der Waals surface area contributed by atoms with Crippen molar-refractivity contribution in [2.75, 3.05) is 13.7 Å². The monoisotopic (exact) mass is 289 g/mol. The van der Waals surface area contributed by atoms with E-state index in [1.54, 1.807) is 0 Å². The van der Waals surface area contributed by atoms with Gasteiger partial charge in [0.2, 0.25) is 5.00 Å². The Morgan fingerprint density at radius 2 is 2.32 bits per heavy atom. The van der Waals surface area contributed by atoms with Crippen molar-refractivity contribution in [3.63, 3.8) is 0 Å². The van der Waals surface area contributed by atoms with Crippen LogP contribution in [0.4, 0.5) is 8.78 Å². The van der Waals surface area contributed by atoms with Crippen LogP contribution in [0.5, 0.6) is 0 Å². The third-order valence-electron chi connectivity index (χ3n) is 2.97. The maximum atomic E-state index is 14.0. The standard InChI is InChI=1S/C11H10ClF2N3O2/c1-15-11(12)7-4-10(14,6-13)3-2-8(7)16-5-9(11)17(18)19/h2-5,15H,6H2,1H3. The lowest BCUT2D eigenvalue weighted by Gasteiger charge is -2.32. The summed E-state index contributed by atoms with van der Waals surface area (Å²) in [4.78, 5) is 12.4. The number of likely N-dealkylation sites (N-methyl/N-ethyl adjacent to an activating group) is 1. The van der Waals surface area contributed by atoms with Crippen LogP contribution in [0.3, 0.4) is 0 Å². The molecule has 0 spiro atoms. The minimum Gasteiger partial charge on any atom is -0.289 e. The third-order valence-corrected chi connectivity index (χ3v) is 3.56. The fourth-order valence-corrected chi connectivity index (χ4v) is 2.20. The Kier molecular flexibility index (Phi) is 3.27. The summed E-state index contributed by atoms with van der Waals surface area (Å²) in [7, 11) is 1.39. The van der Waals surface area contributed by atoms with Gasteiger partial charge in [0.25, 0.3) is 0 Å². The highest BCUT2D eigenvalue weighted by atomic mass is 35.5. The van der Waals surface area contributed by atoms with Crippen molar-refractivity contribution in [2.24, 2.45) is 4.99 Å². The summed E-state index contributed by atoms with van der Waals surface area (Å²) in [5.41, 5.74) is -2.47. The number of halogens is 3. The van der Waals surface area contributed by atoms with Gasteiger partial charge in [-0.1, -0.05) is 11.6 Å². The molecular weight excluding hydrogens is 280 g/mol. The quantitative estimate of drug-likeness (QED) is 0.373. The van der Waals surface area contributed by atoms with E-state index in [0.717, 1.165) is 18.4 Å². The summed E-state index contributed by atoms with van der Waals surface area (Å²) in [6.07, 6.45) is 4.19. The summed E-state index contributed by atoms with van der Waals surface area (Å²) in [6.45, 7) is -1.28. The number of rotatable bonds is 3. The Balaban J connectivity index is 2.60. The van der Waals surface area contributed by atoms with E-state index in [1.165, 1.54) is 13.1 Å². The zero-order valence-corrected chi connectivity index (χ0v) is 10.6. The number of hydrogen-bond acceptors (Lipinski definition) is 4. The molecule has 0 bridgehead atoms. The SMILES string of the molecule is CNC1(Cl)C2=CC(F)(CF)C=CC2=NC=C1[N+](=O)[O-]. The zero-order valence-electron chi connectivity index (χ0n) is 9.86. The zero-order chi connectivity index (χ0) is 14.3. The first-order chi connectivity index (χ1) is 8.86. The van der Waals surface area contributed by atoms with Gasteiger partial charge in [0.05, 0.1) is 10.6 Å². The molecule has 0 aromatic carbocycles. The Bertz CT molecular complexity index is 558. The van der Waals surface area contributed by atoms with E-state index >= 15 is 0 Å². The summed E-state index contributed by atoms with van der Waals surface area (Å²) in [5.74, 6) is 0. The Morgan fingerprint density at radius 3 is 2.84 bits per heavy atom. The first-order valence-corrected chi connectivity index (χ1v) is 5.72. The van der Waals surface area contributed by atoms with Gasteiger partial charge >= 0.3 is 5.70 Å². The fraction of sp³-hybridized carbons (Fsp3) is 0.364. The van der Waals surface area contributed by atoms with Crippen molar-refractivity contribution in [1.29, 1.82) is 0 Å². The van der Waals surface area contributed by atoms with Gasteiger partial charge < -0.3 is 0 Å². The number of allylic oxidation sites excluding steroid dienone is 3. The van der Waals surface area contributed by atoms with Gasteiger partial charge in [-0.25, -0.2) is 13.8 Å². The highest BCUT2D eigenvalue weighted by molar-refractivity contribution is 6.33. The minimum absolute atomic E-state index is 0.0357. The number of nitrogens with one attached hydrogen (secondary N) is 1. The molecule has 0 saturated heterocycles. The Morgan fingerprint density at radius 1 is 1.63 bits per heavy atom. The second-order valence-electron chi connectivity index (χ2n) is 4.15. The normalized spacial score (nSPS) is 33.2. The van der Waals surface area contributed by atoms with Crippen molar-refractivity contribution in [3.05, 3.63) is 45.8 Å². The van der Waals surface area contributed by atoms with Crippen LogP contribution in [0.1, 0.15) is 0 Å². The molecular formula is C11H10ClF2N3O2. The first-order valence-electron chi connectivity index (χ1n) is 5.35. The Hall–Kier alpha value is -1.60. The molecule has 5 nitrogen and oxygen atoms in total. The summed E-state index contributed by atoms with van der Waals surface area (Å²) in [6, 6.07) is 0. The largest absolute Gasteiger partial charge is 0.304 e. The molecule has 0 aromatic heterocycles. The highest BCUT2D eigenvalue weighted by Gasteiger charge is 2.49. The maximum absolute atomic E-state index is 14.0. The number of nitro groups is 1. The van der Waals surface area contributed by atoms with E-state index < -0.39 is 28.0 Å². The van der Waals surface area contributed by atoms with Gasteiger partial charge in [-0.2, -0.15) is 0 Å². The Labute approximate surface area is 112 Å². The number of alkyl halides is 3. The molecule has 2 rings (SSSR count). The number of fused-ring (bicyclic) bond motifs is 1. The van der Waals surface area contributed by atoms with Gasteiger partial charge in [-0.3, -0.25) is 15.4 Å². The van der Waals surface area contributed by atoms with Crippen LogP contribution in [0.15, 0.2) is 40.7 Å². The van der Waals surface area contributed by atoms with Crippen molar-refractivity contribution < 1.29 is 13.7 Å². The topological polar surface area (TPSA) is 67.5 Å². The average molecular weight is 290 g/mol. The number of nitrogens with zero attached hydrogens (tertiary/aromatic N) is 2. The highest BCUT2D eigenvalue weighted by Crippen LogP contribution is 2.39. The smallest absolute Gasteiger partial charge is 0.289 e. The van der Waals surface area contributed by atoms with E-state index in [2.05, 4.69) is 10.3 Å². The maximum Gasteiger partial charge on any atom is 0.304 e. The lowest BCUT2D eigenvalue weighted by atomic mass is 9.87. The van der Waals surface area contributed by atoms with Crippen LogP contribution in [0, 0.1) is 10.1 Å². The lowest BCUT2D eigenvalue weighted by molar-refractivity contribution is -0.431. The van der Waals surface area contributed by atoms with Gasteiger partial charge in [-0.15, -0.1) is 0 Å². The van der Waals surface area contributed by atoms with Crippen molar-refractivity contribution in [1.82, 2.24) is 5.32 Å². The minimum atomic E-state index is -2.33. The molecule has 0 radical (unpaired) electrons. The molecule has 2 atom stereocenters. The molecule has 102 valence electrons. The summed E-state index contributed by atoms with van der Waals surface area (Å²) < 4.78 is 26.7. The summed E-state index contributed by atoms with van der Waals surface area (Å²) in [5, 5.41) is 13.5. The molecule has 0 saturated carbocycles. The van der Waals surface area contributed by atoms with Gasteiger partial charge in [0.15, 0.2) is 5.67 Å². The van der Waals surface area contributed by atoms with Crippen molar-refractivity contribution >= 4 is 17.3 Å². The molecule has 1 N–H and O–H groups in total. The predicted molar refractivity (Wildman–Crippen MR) is 67.2 cm³/mol. The molecule has 1 aliphatic heterocycles. The van der Waals surface area contributed by atoms with Crippen LogP contribution < -0.4 is 5.32 Å². The van der Waals surface area contributed by atoms with Gasteiger partial charge in [-0.05, 0) is 25.3 Å². The number of aliphatic imine (C=N–C) groups is 1. The van der Waals surface area contributed by atoms with E-state index in [0.29, 0.717) is 0 Å². The van der Waals surface area contributed by atoms with Gasteiger partial charge in [0, 0.05) is 5.57 Å². The van der Waals surface area contributed by atoms with E-state index in [4.69, 9.17) is 11.6 Å². The van der Waals surface area contributed by atoms with Crippen LogP contribution in [0.2, 0.25) is 0 Å². The first kappa shape index (κ1) is 13.8. The van der Waals surface area contributed by atoms with E-state index in [1.807, 2.05) is 0 Å². The van der Waals surface area contributed by atoms with E-state index in [9.17, 15) is 18.9 Å². The molecule has 0 aromatic rings. The fourth-order valence-electron chi connectivity index (χ4n) is 1.93. The molecule has 19 heavy (non-hydrogen) atoms.